The van der Waals surface area contributed by atoms with Gasteiger partial charge in [-0.05, 0) is 46.0 Å². The summed E-state index contributed by atoms with van der Waals surface area (Å²) in [6.07, 6.45) is 2.64. The molecule has 4 heteroatoms. The molecule has 1 aliphatic heterocycles. The number of ether oxygens (including phenoxy) is 1. The van der Waals surface area contributed by atoms with Gasteiger partial charge in [0.1, 0.15) is 5.60 Å². The van der Waals surface area contributed by atoms with Gasteiger partial charge in [-0.2, -0.15) is 0 Å². The Morgan fingerprint density at radius 3 is 2.75 bits per heavy atom. The van der Waals surface area contributed by atoms with Gasteiger partial charge in [0.25, 0.3) is 0 Å². The Balaban J connectivity index is 2.32. The Kier molecular flexibility index (Phi) is 4.59. The van der Waals surface area contributed by atoms with Crippen LogP contribution in [0.4, 0.5) is 4.79 Å². The second kappa shape index (κ2) is 5.53. The van der Waals surface area contributed by atoms with Crippen LogP contribution in [0.25, 0.3) is 0 Å². The molecule has 0 bridgehead atoms. The van der Waals surface area contributed by atoms with E-state index in [0.717, 1.165) is 32.4 Å². The molecule has 94 valence electrons. The van der Waals surface area contributed by atoms with E-state index in [1.54, 1.807) is 4.90 Å². The van der Waals surface area contributed by atoms with Crippen molar-refractivity contribution < 1.29 is 14.6 Å². The highest BCUT2D eigenvalue weighted by Gasteiger charge is 2.29. The van der Waals surface area contributed by atoms with Gasteiger partial charge in [-0.15, -0.1) is 0 Å². The van der Waals surface area contributed by atoms with E-state index in [1.165, 1.54) is 0 Å². The fourth-order valence-corrected chi connectivity index (χ4v) is 1.94. The van der Waals surface area contributed by atoms with Crippen LogP contribution in [0.2, 0.25) is 0 Å². The topological polar surface area (TPSA) is 49.8 Å². The molecular formula is C12H23NO3. The Bertz CT molecular complexity index is 235. The van der Waals surface area contributed by atoms with Gasteiger partial charge < -0.3 is 14.7 Å². The van der Waals surface area contributed by atoms with Gasteiger partial charge >= 0.3 is 6.09 Å². The molecule has 16 heavy (non-hydrogen) atoms. The Hall–Kier alpha value is -0.770. The van der Waals surface area contributed by atoms with Crippen LogP contribution in [0.5, 0.6) is 0 Å². The van der Waals surface area contributed by atoms with Crippen LogP contribution in [0.3, 0.4) is 0 Å². The molecule has 1 heterocycles. The molecular weight excluding hydrogens is 206 g/mol. The van der Waals surface area contributed by atoms with Gasteiger partial charge in [-0.25, -0.2) is 4.79 Å². The summed E-state index contributed by atoms with van der Waals surface area (Å²) in [6.45, 7) is 7.43. The van der Waals surface area contributed by atoms with Crippen molar-refractivity contribution in [3.8, 4) is 0 Å². The fraction of sp³-hybridized carbons (Fsp3) is 0.917. The van der Waals surface area contributed by atoms with Crippen molar-refractivity contribution in [1.82, 2.24) is 4.90 Å². The maximum atomic E-state index is 11.7. The number of nitrogens with zero attached hydrogens (tertiary/aromatic N) is 1. The summed E-state index contributed by atoms with van der Waals surface area (Å²) in [4.78, 5) is 13.5. The first-order chi connectivity index (χ1) is 7.42. The lowest BCUT2D eigenvalue weighted by atomic mass is 10.0. The van der Waals surface area contributed by atoms with Crippen LogP contribution in [-0.4, -0.2) is 41.4 Å². The van der Waals surface area contributed by atoms with E-state index in [1.807, 2.05) is 20.8 Å². The molecule has 0 aromatic rings. The maximum Gasteiger partial charge on any atom is 0.410 e. The first-order valence-electron chi connectivity index (χ1n) is 6.01. The van der Waals surface area contributed by atoms with Crippen molar-refractivity contribution in [3.05, 3.63) is 0 Å². The molecule has 1 atom stereocenters. The van der Waals surface area contributed by atoms with Crippen molar-refractivity contribution >= 4 is 6.09 Å². The van der Waals surface area contributed by atoms with E-state index in [-0.39, 0.29) is 12.7 Å². The lowest BCUT2D eigenvalue weighted by Crippen LogP contribution is -2.35. The number of rotatable bonds is 3. The average molecular weight is 229 g/mol. The zero-order valence-corrected chi connectivity index (χ0v) is 10.5. The lowest BCUT2D eigenvalue weighted by molar-refractivity contribution is 0.0287. The molecule has 0 aliphatic carbocycles. The monoisotopic (exact) mass is 229 g/mol. The number of likely N-dealkylation sites (tertiary alicyclic amines) is 1. The average Bonchev–Trinajstić information content (AvgIpc) is 2.60. The van der Waals surface area contributed by atoms with Gasteiger partial charge in [0, 0.05) is 19.7 Å². The molecule has 1 unspecified atom stereocenters. The number of amides is 1. The van der Waals surface area contributed by atoms with E-state index in [9.17, 15) is 4.79 Å². The number of aliphatic hydroxyl groups excluding tert-OH is 1. The molecule has 1 amide bonds. The quantitative estimate of drug-likeness (QED) is 0.805. The molecule has 0 spiro atoms. The second-order valence-corrected chi connectivity index (χ2v) is 5.45. The number of aliphatic hydroxyl groups is 1. The summed E-state index contributed by atoms with van der Waals surface area (Å²) >= 11 is 0. The fourth-order valence-electron chi connectivity index (χ4n) is 1.94. The van der Waals surface area contributed by atoms with Crippen molar-refractivity contribution in [2.45, 2.75) is 45.6 Å². The van der Waals surface area contributed by atoms with Crippen LogP contribution in [0, 0.1) is 5.92 Å². The normalized spacial score (nSPS) is 21.2. The highest BCUT2D eigenvalue weighted by Crippen LogP contribution is 2.22. The third-order valence-electron chi connectivity index (χ3n) is 2.71. The number of hydrogen-bond acceptors (Lipinski definition) is 3. The second-order valence-electron chi connectivity index (χ2n) is 5.45. The van der Waals surface area contributed by atoms with Gasteiger partial charge in [-0.1, -0.05) is 0 Å². The van der Waals surface area contributed by atoms with E-state index >= 15 is 0 Å². The minimum Gasteiger partial charge on any atom is -0.444 e. The Morgan fingerprint density at radius 1 is 1.50 bits per heavy atom. The molecule has 0 saturated carbocycles. The van der Waals surface area contributed by atoms with E-state index in [2.05, 4.69) is 0 Å². The van der Waals surface area contributed by atoms with Gasteiger partial charge in [0.2, 0.25) is 0 Å². The van der Waals surface area contributed by atoms with Crippen molar-refractivity contribution in [3.63, 3.8) is 0 Å². The highest BCUT2D eigenvalue weighted by molar-refractivity contribution is 5.68. The van der Waals surface area contributed by atoms with Crippen LogP contribution in [0.1, 0.15) is 40.0 Å². The molecule has 0 aromatic heterocycles. The minimum absolute atomic E-state index is 0.209. The summed E-state index contributed by atoms with van der Waals surface area (Å²) in [5.41, 5.74) is -0.416. The van der Waals surface area contributed by atoms with E-state index in [4.69, 9.17) is 9.84 Å². The van der Waals surface area contributed by atoms with Crippen LogP contribution >= 0.6 is 0 Å². The summed E-state index contributed by atoms with van der Waals surface area (Å²) in [7, 11) is 0. The van der Waals surface area contributed by atoms with Gasteiger partial charge in [0.05, 0.1) is 0 Å². The molecule has 1 rings (SSSR count). The molecule has 1 saturated heterocycles. The maximum absolute atomic E-state index is 11.7. The largest absolute Gasteiger partial charge is 0.444 e. The summed E-state index contributed by atoms with van der Waals surface area (Å²) in [6, 6.07) is 0. The van der Waals surface area contributed by atoms with Crippen LogP contribution < -0.4 is 0 Å². The van der Waals surface area contributed by atoms with Crippen molar-refractivity contribution in [2.24, 2.45) is 5.92 Å². The standard InChI is InChI=1S/C12H23NO3/c1-12(2,3)16-11(15)13-7-6-10(9-13)5-4-8-14/h10,14H,4-9H2,1-3H3. The SMILES string of the molecule is CC(C)(C)OC(=O)N1CCC(CCCO)C1. The number of carbonyl (C=O) groups is 1. The first kappa shape index (κ1) is 13.3. The predicted octanol–water partition coefficient (Wildman–Crippen LogP) is 2.02. The summed E-state index contributed by atoms with van der Waals surface area (Å²) in [5.74, 6) is 0.527. The molecule has 4 nitrogen and oxygen atoms in total. The zero-order chi connectivity index (χ0) is 12.2. The molecule has 0 aromatic carbocycles. The Morgan fingerprint density at radius 2 is 2.19 bits per heavy atom. The Labute approximate surface area is 97.6 Å². The zero-order valence-electron chi connectivity index (χ0n) is 10.5. The molecule has 1 fully saturated rings. The smallest absolute Gasteiger partial charge is 0.410 e. The van der Waals surface area contributed by atoms with E-state index < -0.39 is 5.60 Å². The van der Waals surface area contributed by atoms with Crippen LogP contribution in [0.15, 0.2) is 0 Å². The lowest BCUT2D eigenvalue weighted by Gasteiger charge is -2.24. The van der Waals surface area contributed by atoms with Gasteiger partial charge in [-0.3, -0.25) is 0 Å². The van der Waals surface area contributed by atoms with Gasteiger partial charge in [0.15, 0.2) is 0 Å². The minimum atomic E-state index is -0.416. The van der Waals surface area contributed by atoms with Crippen molar-refractivity contribution in [1.29, 1.82) is 0 Å². The predicted molar refractivity (Wildman–Crippen MR) is 62.2 cm³/mol. The first-order valence-corrected chi connectivity index (χ1v) is 6.01. The third-order valence-corrected chi connectivity index (χ3v) is 2.71. The molecule has 0 radical (unpaired) electrons. The number of hydrogen-bond donors (Lipinski definition) is 1. The van der Waals surface area contributed by atoms with Crippen molar-refractivity contribution in [2.75, 3.05) is 19.7 Å². The highest BCUT2D eigenvalue weighted by atomic mass is 16.6. The summed E-state index contributed by atoms with van der Waals surface area (Å²) in [5, 5.41) is 8.75. The molecule has 1 aliphatic rings. The third kappa shape index (κ3) is 4.39. The molecule has 1 N–H and O–H groups in total. The van der Waals surface area contributed by atoms with E-state index in [0.29, 0.717) is 5.92 Å². The van der Waals surface area contributed by atoms with Crippen LogP contribution in [-0.2, 0) is 4.74 Å². The summed E-state index contributed by atoms with van der Waals surface area (Å²) < 4.78 is 5.31. The number of carbonyl (C=O) groups excluding carboxylic acids is 1.